The molecule has 1 aliphatic heterocycles. The molecule has 9 nitrogen and oxygen atoms in total. The molecule has 0 spiro atoms. The molecule has 1 amide bonds. The summed E-state index contributed by atoms with van der Waals surface area (Å²) in [5, 5.41) is 22.0. The van der Waals surface area contributed by atoms with Gasteiger partial charge in [0.1, 0.15) is 6.10 Å². The largest absolute Gasteiger partial charge is 0.444 e. The fraction of sp³-hybridized carbons (Fsp3) is 0.381. The molecule has 3 rings (SSSR count). The Morgan fingerprint density at radius 3 is 2.20 bits per heavy atom. The molecule has 0 bridgehead atoms. The number of carbonyl (C=O) groups excluding carboxylic acids is 1. The lowest BCUT2D eigenvalue weighted by Crippen LogP contribution is -2.28. The highest BCUT2D eigenvalue weighted by Gasteiger charge is 2.35. The lowest BCUT2D eigenvalue weighted by atomic mass is 9.94. The Morgan fingerprint density at radius 2 is 1.60 bits per heavy atom. The van der Waals surface area contributed by atoms with E-state index in [9.17, 15) is 25.0 Å². The lowest BCUT2D eigenvalue weighted by Gasteiger charge is -2.22. The molecule has 9 heteroatoms. The number of rotatable bonds is 8. The van der Waals surface area contributed by atoms with Crippen molar-refractivity contribution in [2.45, 2.75) is 44.8 Å². The van der Waals surface area contributed by atoms with Gasteiger partial charge in [0.15, 0.2) is 0 Å². The molecule has 0 aromatic heterocycles. The first-order valence-corrected chi connectivity index (χ1v) is 9.72. The second kappa shape index (κ2) is 8.89. The molecule has 1 saturated heterocycles. The molecule has 0 aliphatic carbocycles. The number of benzene rings is 2. The van der Waals surface area contributed by atoms with Gasteiger partial charge in [0.2, 0.25) is 0 Å². The highest BCUT2D eigenvalue weighted by Crippen LogP contribution is 2.31. The molecule has 0 N–H and O–H groups in total. The van der Waals surface area contributed by atoms with E-state index in [-0.39, 0.29) is 29.4 Å². The van der Waals surface area contributed by atoms with E-state index >= 15 is 0 Å². The van der Waals surface area contributed by atoms with Gasteiger partial charge in [-0.1, -0.05) is 31.2 Å². The summed E-state index contributed by atoms with van der Waals surface area (Å²) in [5.41, 5.74) is 1.58. The summed E-state index contributed by atoms with van der Waals surface area (Å²) < 4.78 is 5.49. The van der Waals surface area contributed by atoms with Gasteiger partial charge in [0, 0.05) is 24.3 Å². The molecular weight excluding hydrogens is 390 g/mol. The van der Waals surface area contributed by atoms with Gasteiger partial charge in [-0.05, 0) is 36.8 Å². The Morgan fingerprint density at radius 1 is 1.03 bits per heavy atom. The van der Waals surface area contributed by atoms with Crippen LogP contribution in [0.3, 0.4) is 0 Å². The van der Waals surface area contributed by atoms with Crippen molar-refractivity contribution < 1.29 is 19.4 Å². The predicted octanol–water partition coefficient (Wildman–Crippen LogP) is 4.97. The Hall–Kier alpha value is -3.49. The topological polar surface area (TPSA) is 116 Å². The third-order valence-electron chi connectivity index (χ3n) is 5.50. The van der Waals surface area contributed by atoms with Crippen LogP contribution < -0.4 is 0 Å². The summed E-state index contributed by atoms with van der Waals surface area (Å²) in [6.07, 6.45) is 0.591. The van der Waals surface area contributed by atoms with Gasteiger partial charge < -0.3 is 4.74 Å². The number of ether oxygens (including phenoxy) is 1. The van der Waals surface area contributed by atoms with E-state index in [1.54, 1.807) is 29.2 Å². The zero-order valence-electron chi connectivity index (χ0n) is 16.8. The highest BCUT2D eigenvalue weighted by atomic mass is 16.6. The van der Waals surface area contributed by atoms with Gasteiger partial charge in [-0.2, -0.15) is 0 Å². The Kier molecular flexibility index (Phi) is 6.29. The quantitative estimate of drug-likeness (QED) is 0.446. The van der Waals surface area contributed by atoms with Gasteiger partial charge in [0.05, 0.1) is 22.4 Å². The lowest BCUT2D eigenvalue weighted by molar-refractivity contribution is -0.385. The van der Waals surface area contributed by atoms with E-state index in [4.69, 9.17) is 4.74 Å². The Labute approximate surface area is 173 Å². The second-order valence-corrected chi connectivity index (χ2v) is 7.52. The number of amides is 1. The number of carbonyl (C=O) groups is 1. The fourth-order valence-corrected chi connectivity index (χ4v) is 3.63. The monoisotopic (exact) mass is 413 g/mol. The van der Waals surface area contributed by atoms with Gasteiger partial charge in [-0.3, -0.25) is 25.1 Å². The highest BCUT2D eigenvalue weighted by molar-refractivity contribution is 5.70. The van der Waals surface area contributed by atoms with Crippen LogP contribution in [0, 0.1) is 20.2 Å². The van der Waals surface area contributed by atoms with Crippen molar-refractivity contribution in [2.24, 2.45) is 0 Å². The van der Waals surface area contributed by atoms with Crippen LogP contribution in [0.5, 0.6) is 0 Å². The third-order valence-corrected chi connectivity index (χ3v) is 5.50. The van der Waals surface area contributed by atoms with Crippen LogP contribution in [0.4, 0.5) is 16.2 Å². The fourth-order valence-electron chi connectivity index (χ4n) is 3.63. The number of nitro benzene ring substituents is 2. The molecule has 1 heterocycles. The summed E-state index contributed by atoms with van der Waals surface area (Å²) in [5.74, 6) is 0.0758. The summed E-state index contributed by atoms with van der Waals surface area (Å²) in [7, 11) is 0. The smallest absolute Gasteiger partial charge is 0.410 e. The summed E-state index contributed by atoms with van der Waals surface area (Å²) >= 11 is 0. The maximum absolute atomic E-state index is 12.3. The van der Waals surface area contributed by atoms with E-state index in [0.29, 0.717) is 24.9 Å². The zero-order chi connectivity index (χ0) is 21.8. The maximum atomic E-state index is 12.3. The molecule has 3 atom stereocenters. The number of nitrogens with zero attached hydrogens (tertiary/aromatic N) is 3. The third kappa shape index (κ3) is 4.73. The molecule has 30 heavy (non-hydrogen) atoms. The average molecular weight is 413 g/mol. The first kappa shape index (κ1) is 21.2. The zero-order valence-corrected chi connectivity index (χ0v) is 16.8. The minimum atomic E-state index is -0.462. The summed E-state index contributed by atoms with van der Waals surface area (Å²) in [4.78, 5) is 35.0. The molecule has 0 radical (unpaired) electrons. The molecule has 2 aromatic rings. The van der Waals surface area contributed by atoms with E-state index in [1.807, 2.05) is 19.9 Å². The summed E-state index contributed by atoms with van der Waals surface area (Å²) in [6, 6.07) is 12.4. The first-order chi connectivity index (χ1) is 14.3. The minimum absolute atomic E-state index is 0.0192. The van der Waals surface area contributed by atoms with Crippen LogP contribution in [0.15, 0.2) is 48.5 Å². The van der Waals surface area contributed by atoms with Crippen LogP contribution in [0.1, 0.15) is 49.8 Å². The molecular formula is C21H23N3O6. The standard InChI is InChI=1S/C21H23N3O6/c1-14(16-5-3-7-18(11-16)23(26)27)9-10-20-13-22(21(25)30-20)15(2)17-6-4-8-19(12-17)24(28)29/h3-8,11-12,14-15,20H,9-10,13H2,1-2H3/t14-,15+,20+/m1/s1. The van der Waals surface area contributed by atoms with Gasteiger partial charge in [-0.15, -0.1) is 0 Å². The van der Waals surface area contributed by atoms with Gasteiger partial charge in [0.25, 0.3) is 11.4 Å². The van der Waals surface area contributed by atoms with Crippen molar-refractivity contribution in [3.8, 4) is 0 Å². The molecule has 158 valence electrons. The van der Waals surface area contributed by atoms with Crippen molar-refractivity contribution in [2.75, 3.05) is 6.54 Å². The van der Waals surface area contributed by atoms with E-state index in [0.717, 1.165) is 5.56 Å². The van der Waals surface area contributed by atoms with Crippen LogP contribution in [-0.4, -0.2) is 33.5 Å². The van der Waals surface area contributed by atoms with E-state index in [1.165, 1.54) is 18.2 Å². The average Bonchev–Trinajstić information content (AvgIpc) is 3.12. The van der Waals surface area contributed by atoms with Crippen LogP contribution in [0.25, 0.3) is 0 Å². The normalized spacial score (nSPS) is 18.0. The van der Waals surface area contributed by atoms with Gasteiger partial charge in [-0.25, -0.2) is 4.79 Å². The second-order valence-electron chi connectivity index (χ2n) is 7.52. The number of hydrogen-bond acceptors (Lipinski definition) is 6. The summed E-state index contributed by atoms with van der Waals surface area (Å²) in [6.45, 7) is 4.19. The van der Waals surface area contributed by atoms with E-state index < -0.39 is 15.9 Å². The van der Waals surface area contributed by atoms with Crippen LogP contribution in [0.2, 0.25) is 0 Å². The number of non-ortho nitro benzene ring substituents is 2. The van der Waals surface area contributed by atoms with Crippen molar-refractivity contribution in [3.63, 3.8) is 0 Å². The molecule has 0 unspecified atom stereocenters. The number of hydrogen-bond donors (Lipinski definition) is 0. The van der Waals surface area contributed by atoms with Crippen molar-refractivity contribution in [3.05, 3.63) is 79.9 Å². The van der Waals surface area contributed by atoms with Gasteiger partial charge >= 0.3 is 6.09 Å². The van der Waals surface area contributed by atoms with Crippen LogP contribution >= 0.6 is 0 Å². The maximum Gasteiger partial charge on any atom is 0.410 e. The number of cyclic esters (lactones) is 1. The Bertz CT molecular complexity index is 963. The molecule has 1 fully saturated rings. The molecule has 2 aromatic carbocycles. The predicted molar refractivity (Wildman–Crippen MR) is 109 cm³/mol. The van der Waals surface area contributed by atoms with Crippen LogP contribution in [-0.2, 0) is 4.74 Å². The molecule has 1 aliphatic rings. The molecule has 0 saturated carbocycles. The van der Waals surface area contributed by atoms with Crippen molar-refractivity contribution >= 4 is 17.5 Å². The SMILES string of the molecule is C[C@H](CC[C@H]1CN([C@@H](C)c2cccc([N+](=O)[O-])c2)C(=O)O1)c1cccc([N+](=O)[O-])c1. The first-order valence-electron chi connectivity index (χ1n) is 9.72. The van der Waals surface area contributed by atoms with E-state index in [2.05, 4.69) is 0 Å². The van der Waals surface area contributed by atoms with Crippen molar-refractivity contribution in [1.82, 2.24) is 4.90 Å². The van der Waals surface area contributed by atoms with Crippen molar-refractivity contribution in [1.29, 1.82) is 0 Å². The number of nitro groups is 2. The minimum Gasteiger partial charge on any atom is -0.444 e. The Balaban J connectivity index is 1.60.